The molecule has 2 aromatic heterocycles. The predicted molar refractivity (Wildman–Crippen MR) is 148 cm³/mol. The number of halogens is 1. The van der Waals surface area contributed by atoms with Gasteiger partial charge >= 0.3 is 6.09 Å². The van der Waals surface area contributed by atoms with Crippen LogP contribution in [0, 0.1) is 29.0 Å². The Morgan fingerprint density at radius 1 is 1.17 bits per heavy atom. The number of imide groups is 1. The lowest BCUT2D eigenvalue weighted by molar-refractivity contribution is 0.0247. The lowest BCUT2D eigenvalue weighted by Crippen LogP contribution is -2.37. The number of anilines is 3. The number of nitriles is 1. The number of pyridine rings is 2. The molecule has 2 atom stereocenters. The number of hydrogen-bond acceptors (Lipinski definition) is 9. The van der Waals surface area contributed by atoms with Crippen LogP contribution in [-0.4, -0.2) is 58.8 Å². The summed E-state index contributed by atoms with van der Waals surface area (Å²) in [6.45, 7) is 8.32. The maximum atomic E-state index is 15.0. The number of carbonyl (C=O) groups is 2. The Balaban J connectivity index is 1.35. The molecule has 0 radical (unpaired) electrons. The van der Waals surface area contributed by atoms with E-state index in [9.17, 15) is 19.2 Å². The normalized spacial score (nSPS) is 19.6. The monoisotopic (exact) mass is 556 g/mol. The Kier molecular flexibility index (Phi) is 6.58. The molecule has 210 valence electrons. The van der Waals surface area contributed by atoms with E-state index in [1.807, 2.05) is 18.2 Å². The molecule has 0 unspecified atom stereocenters. The van der Waals surface area contributed by atoms with Gasteiger partial charge in [-0.3, -0.25) is 4.79 Å². The van der Waals surface area contributed by atoms with E-state index in [1.54, 1.807) is 27.0 Å². The number of nitrogens with zero attached hydrogens (tertiary/aromatic N) is 5. The quantitative estimate of drug-likeness (QED) is 0.480. The van der Waals surface area contributed by atoms with Gasteiger partial charge < -0.3 is 19.7 Å². The van der Waals surface area contributed by atoms with Gasteiger partial charge in [0.2, 0.25) is 0 Å². The highest BCUT2D eigenvalue weighted by Gasteiger charge is 2.39. The first-order chi connectivity index (χ1) is 19.6. The van der Waals surface area contributed by atoms with Crippen molar-refractivity contribution in [2.45, 2.75) is 32.9 Å². The second-order valence-electron chi connectivity index (χ2n) is 11.5. The van der Waals surface area contributed by atoms with E-state index in [2.05, 4.69) is 20.2 Å². The van der Waals surface area contributed by atoms with Crippen LogP contribution in [0.1, 0.15) is 42.4 Å². The zero-order chi connectivity index (χ0) is 28.9. The van der Waals surface area contributed by atoms with E-state index in [0.717, 1.165) is 37.0 Å². The van der Waals surface area contributed by atoms with E-state index in [1.165, 1.54) is 24.3 Å². The maximum absolute atomic E-state index is 15.0. The van der Waals surface area contributed by atoms with E-state index in [4.69, 9.17) is 9.47 Å². The summed E-state index contributed by atoms with van der Waals surface area (Å²) in [7, 11) is 0. The van der Waals surface area contributed by atoms with Crippen LogP contribution in [0.4, 0.5) is 26.4 Å². The summed E-state index contributed by atoms with van der Waals surface area (Å²) in [6, 6.07) is 11.5. The van der Waals surface area contributed by atoms with E-state index in [-0.39, 0.29) is 34.6 Å². The van der Waals surface area contributed by atoms with Gasteiger partial charge in [-0.2, -0.15) is 5.26 Å². The van der Waals surface area contributed by atoms with Gasteiger partial charge in [-0.1, -0.05) is 6.07 Å². The van der Waals surface area contributed by atoms with Crippen molar-refractivity contribution in [2.24, 2.45) is 11.8 Å². The van der Waals surface area contributed by atoms with Crippen LogP contribution in [-0.2, 0) is 16.0 Å². The Morgan fingerprint density at radius 3 is 2.59 bits per heavy atom. The van der Waals surface area contributed by atoms with Crippen molar-refractivity contribution in [1.29, 1.82) is 5.26 Å². The Labute approximate surface area is 236 Å². The fraction of sp³-hybridized carbons (Fsp3) is 0.367. The molecule has 41 heavy (non-hydrogen) atoms. The van der Waals surface area contributed by atoms with Crippen molar-refractivity contribution in [3.63, 3.8) is 0 Å². The molecule has 2 saturated heterocycles. The first-order valence-corrected chi connectivity index (χ1v) is 13.4. The van der Waals surface area contributed by atoms with Gasteiger partial charge in [-0.05, 0) is 51.1 Å². The average Bonchev–Trinajstić information content (AvgIpc) is 3.62. The molecule has 6 rings (SSSR count). The highest BCUT2D eigenvalue weighted by Crippen LogP contribution is 2.37. The molecule has 10 nitrogen and oxygen atoms in total. The minimum Gasteiger partial charge on any atom is -0.443 e. The first-order valence-electron chi connectivity index (χ1n) is 13.4. The molecule has 1 aromatic carbocycles. The summed E-state index contributed by atoms with van der Waals surface area (Å²) in [5, 5.41) is 12.9. The van der Waals surface area contributed by atoms with Gasteiger partial charge in [-0.25, -0.2) is 24.1 Å². The Hall–Kier alpha value is -4.56. The average molecular weight is 557 g/mol. The number of hydrogen-bond donors (Lipinski definition) is 1. The number of amides is 2. The summed E-state index contributed by atoms with van der Waals surface area (Å²) >= 11 is 0. The fourth-order valence-corrected chi connectivity index (χ4v) is 5.55. The zero-order valence-electron chi connectivity index (χ0n) is 23.0. The van der Waals surface area contributed by atoms with Crippen LogP contribution in [0.25, 0.3) is 11.3 Å². The third kappa shape index (κ3) is 5.07. The van der Waals surface area contributed by atoms with Crippen molar-refractivity contribution >= 4 is 29.2 Å². The van der Waals surface area contributed by atoms with E-state index >= 15 is 0 Å². The number of rotatable bonds is 4. The number of carbonyl (C=O) groups excluding carboxylic acids is 2. The molecule has 1 N–H and O–H groups in total. The van der Waals surface area contributed by atoms with E-state index < -0.39 is 23.4 Å². The lowest BCUT2D eigenvalue weighted by Gasteiger charge is -2.23. The molecule has 2 fully saturated rings. The molecule has 5 heterocycles. The second-order valence-corrected chi connectivity index (χ2v) is 11.5. The van der Waals surface area contributed by atoms with Gasteiger partial charge in [0.05, 0.1) is 71.5 Å². The number of nitrogens with one attached hydrogen (secondary N) is 1. The highest BCUT2D eigenvalue weighted by atomic mass is 19.1. The number of ether oxygens (including phenoxy) is 2. The first kappa shape index (κ1) is 26.7. The van der Waals surface area contributed by atoms with Gasteiger partial charge in [0.15, 0.2) is 0 Å². The van der Waals surface area contributed by atoms with Crippen LogP contribution < -0.4 is 10.2 Å². The maximum Gasteiger partial charge on any atom is 0.417 e. The zero-order valence-corrected chi connectivity index (χ0v) is 23.0. The van der Waals surface area contributed by atoms with E-state index in [0.29, 0.717) is 23.2 Å². The third-order valence-corrected chi connectivity index (χ3v) is 7.46. The smallest absolute Gasteiger partial charge is 0.417 e. The summed E-state index contributed by atoms with van der Waals surface area (Å²) < 4.78 is 26.0. The molecule has 0 bridgehead atoms. The lowest BCUT2D eigenvalue weighted by atomic mass is 10.0. The molecule has 3 aliphatic rings. The molecular formula is C30H29FN6O4. The summed E-state index contributed by atoms with van der Waals surface area (Å²) in [6.07, 6.45) is 0.866. The SMILES string of the molecule is CC(C)(C)OC(=O)N1Cc2nc(-c3c(F)cccc3C#N)cc(Nc3ccc(N4C[C@H]5COC[C@H]5C4)nc3)c2C1=O. The summed E-state index contributed by atoms with van der Waals surface area (Å²) in [5.74, 6) is 0.677. The molecule has 0 aliphatic carbocycles. The standard InChI is InChI=1S/C30H29FN6O4/c1-30(2,3)41-29(39)37-14-24-27(28(37)38)23(9-22(35-24)26-17(10-32)5-4-6-21(26)31)34-20-7-8-25(33-11-20)36-12-18-15-40-16-19(18)13-36/h4-9,11,18-19H,12-16H2,1-3H3,(H,34,35)/t18-,19+. The van der Waals surface area contributed by atoms with Crippen LogP contribution in [0.5, 0.6) is 0 Å². The molecule has 3 aromatic rings. The van der Waals surface area contributed by atoms with Crippen molar-refractivity contribution < 1.29 is 23.5 Å². The topological polar surface area (TPSA) is 121 Å². The number of fused-ring (bicyclic) bond motifs is 2. The fourth-order valence-electron chi connectivity index (χ4n) is 5.55. The third-order valence-electron chi connectivity index (χ3n) is 7.46. The van der Waals surface area contributed by atoms with Gasteiger partial charge in [0.1, 0.15) is 17.2 Å². The minimum absolute atomic E-state index is 0.0149. The van der Waals surface area contributed by atoms with Crippen molar-refractivity contribution in [3.8, 4) is 17.3 Å². The molecular weight excluding hydrogens is 527 g/mol. The summed E-state index contributed by atoms with van der Waals surface area (Å²) in [4.78, 5) is 38.7. The molecule has 0 saturated carbocycles. The largest absolute Gasteiger partial charge is 0.443 e. The Morgan fingerprint density at radius 2 is 1.93 bits per heavy atom. The van der Waals surface area contributed by atoms with Crippen molar-refractivity contribution in [2.75, 3.05) is 36.5 Å². The number of aromatic nitrogens is 2. The molecule has 0 spiro atoms. The van der Waals surface area contributed by atoms with Crippen LogP contribution in [0.15, 0.2) is 42.6 Å². The van der Waals surface area contributed by atoms with Crippen molar-refractivity contribution in [1.82, 2.24) is 14.9 Å². The van der Waals surface area contributed by atoms with Gasteiger partial charge in [0.25, 0.3) is 5.91 Å². The Bertz CT molecular complexity index is 1570. The molecule has 11 heteroatoms. The number of benzene rings is 1. The highest BCUT2D eigenvalue weighted by molar-refractivity contribution is 6.10. The minimum atomic E-state index is -0.810. The van der Waals surface area contributed by atoms with Gasteiger partial charge in [-0.15, -0.1) is 0 Å². The predicted octanol–water partition coefficient (Wildman–Crippen LogP) is 4.87. The van der Waals surface area contributed by atoms with Crippen LogP contribution in [0.3, 0.4) is 0 Å². The van der Waals surface area contributed by atoms with Gasteiger partial charge in [0, 0.05) is 24.9 Å². The van der Waals surface area contributed by atoms with Crippen molar-refractivity contribution in [3.05, 3.63) is 65.2 Å². The molecule has 2 amide bonds. The summed E-state index contributed by atoms with van der Waals surface area (Å²) in [5.41, 5.74) is 0.813. The van der Waals surface area contributed by atoms with Crippen LogP contribution >= 0.6 is 0 Å². The van der Waals surface area contributed by atoms with Crippen LogP contribution in [0.2, 0.25) is 0 Å². The molecule has 3 aliphatic heterocycles. The second kappa shape index (κ2) is 10.1.